The lowest BCUT2D eigenvalue weighted by molar-refractivity contribution is 0.172. The largest absolute Gasteiger partial charge is 0.453 e. The van der Waals surface area contributed by atoms with Crippen molar-refractivity contribution in [2.75, 3.05) is 13.3 Å². The van der Waals surface area contributed by atoms with Crippen LogP contribution in [0.25, 0.3) is 0 Å². The molecule has 94 valence electrons. The normalized spacial score (nSPS) is 13.1. The monoisotopic (exact) mass is 235 g/mol. The molecule has 0 spiro atoms. The molecule has 0 saturated heterocycles. The molecule has 0 unspecified atom stereocenters. The molecule has 0 amide bonds. The van der Waals surface area contributed by atoms with Crippen LogP contribution in [0.4, 0.5) is 0 Å². The van der Waals surface area contributed by atoms with Crippen molar-refractivity contribution in [1.29, 1.82) is 0 Å². The molecule has 3 heteroatoms. The standard InChI is InChI=1S/C14H21NO2/c1-2-3-5-11-7-8-12(6-4-9-15)14-13(11)16-10-17-14/h7-8H,2-6,9-10,15H2,1H3. The number of rotatable bonds is 6. The van der Waals surface area contributed by atoms with Crippen LogP contribution in [-0.2, 0) is 12.8 Å². The summed E-state index contributed by atoms with van der Waals surface area (Å²) in [5, 5.41) is 0. The Hall–Kier alpha value is -1.22. The van der Waals surface area contributed by atoms with Crippen LogP contribution in [0, 0.1) is 0 Å². The van der Waals surface area contributed by atoms with Crippen LogP contribution in [0.3, 0.4) is 0 Å². The van der Waals surface area contributed by atoms with E-state index < -0.39 is 0 Å². The molecule has 0 bridgehead atoms. The molecule has 0 atom stereocenters. The minimum atomic E-state index is 0.355. The minimum absolute atomic E-state index is 0.355. The van der Waals surface area contributed by atoms with Crippen LogP contribution in [0.1, 0.15) is 37.3 Å². The van der Waals surface area contributed by atoms with Crippen molar-refractivity contribution in [1.82, 2.24) is 0 Å². The van der Waals surface area contributed by atoms with Crippen LogP contribution in [0.5, 0.6) is 11.5 Å². The lowest BCUT2D eigenvalue weighted by Gasteiger charge is -2.09. The van der Waals surface area contributed by atoms with Gasteiger partial charge in [-0.1, -0.05) is 25.5 Å². The topological polar surface area (TPSA) is 44.5 Å². The molecule has 17 heavy (non-hydrogen) atoms. The zero-order chi connectivity index (χ0) is 12.1. The van der Waals surface area contributed by atoms with Crippen molar-refractivity contribution in [2.45, 2.75) is 39.0 Å². The van der Waals surface area contributed by atoms with Crippen LogP contribution in [-0.4, -0.2) is 13.3 Å². The predicted octanol–water partition coefficient (Wildman–Crippen LogP) is 2.65. The van der Waals surface area contributed by atoms with E-state index in [-0.39, 0.29) is 0 Å². The molecule has 0 saturated carbocycles. The fourth-order valence-corrected chi connectivity index (χ4v) is 2.16. The first-order chi connectivity index (χ1) is 8.36. The van der Waals surface area contributed by atoms with E-state index >= 15 is 0 Å². The first-order valence-corrected chi connectivity index (χ1v) is 6.47. The Bertz CT molecular complexity index is 342. The van der Waals surface area contributed by atoms with E-state index in [0.717, 1.165) is 30.8 Å². The molecule has 2 N–H and O–H groups in total. The summed E-state index contributed by atoms with van der Waals surface area (Å²) in [4.78, 5) is 0. The number of hydrogen-bond donors (Lipinski definition) is 1. The van der Waals surface area contributed by atoms with E-state index in [1.54, 1.807) is 0 Å². The third kappa shape index (κ3) is 2.72. The molecule has 1 heterocycles. The maximum Gasteiger partial charge on any atom is 0.231 e. The SMILES string of the molecule is CCCCc1ccc(CCCN)c2c1OCO2. The summed E-state index contributed by atoms with van der Waals surface area (Å²) in [6.45, 7) is 3.27. The summed E-state index contributed by atoms with van der Waals surface area (Å²) in [7, 11) is 0. The second-order valence-corrected chi connectivity index (χ2v) is 4.44. The third-order valence-corrected chi connectivity index (χ3v) is 3.13. The Labute approximate surface area is 103 Å². The van der Waals surface area contributed by atoms with Gasteiger partial charge in [0, 0.05) is 0 Å². The molecule has 1 aliphatic heterocycles. The average Bonchev–Trinajstić information content (AvgIpc) is 2.83. The van der Waals surface area contributed by atoms with E-state index in [1.807, 2.05) is 0 Å². The van der Waals surface area contributed by atoms with Gasteiger partial charge in [-0.3, -0.25) is 0 Å². The van der Waals surface area contributed by atoms with Gasteiger partial charge in [-0.25, -0.2) is 0 Å². The number of unbranched alkanes of at least 4 members (excludes halogenated alkanes) is 1. The zero-order valence-electron chi connectivity index (χ0n) is 10.5. The molecular formula is C14H21NO2. The van der Waals surface area contributed by atoms with Gasteiger partial charge in [0.05, 0.1) is 0 Å². The Morgan fingerprint density at radius 3 is 2.18 bits per heavy atom. The van der Waals surface area contributed by atoms with Crippen molar-refractivity contribution in [3.8, 4) is 11.5 Å². The molecule has 3 nitrogen and oxygen atoms in total. The fraction of sp³-hybridized carbons (Fsp3) is 0.571. The van der Waals surface area contributed by atoms with E-state index in [9.17, 15) is 0 Å². The first kappa shape index (κ1) is 12.2. The molecular weight excluding hydrogens is 214 g/mol. The molecule has 0 fully saturated rings. The average molecular weight is 235 g/mol. The summed E-state index contributed by atoms with van der Waals surface area (Å²) in [5.74, 6) is 1.92. The van der Waals surface area contributed by atoms with Crippen molar-refractivity contribution in [3.05, 3.63) is 23.3 Å². The fourth-order valence-electron chi connectivity index (χ4n) is 2.16. The van der Waals surface area contributed by atoms with Crippen LogP contribution >= 0.6 is 0 Å². The van der Waals surface area contributed by atoms with E-state index in [1.165, 1.54) is 24.0 Å². The molecule has 1 aromatic rings. The molecule has 2 rings (SSSR count). The highest BCUT2D eigenvalue weighted by Crippen LogP contribution is 2.40. The predicted molar refractivity (Wildman–Crippen MR) is 68.6 cm³/mol. The van der Waals surface area contributed by atoms with Crippen LogP contribution < -0.4 is 15.2 Å². The van der Waals surface area contributed by atoms with Crippen molar-refractivity contribution in [3.63, 3.8) is 0 Å². The second-order valence-electron chi connectivity index (χ2n) is 4.44. The zero-order valence-corrected chi connectivity index (χ0v) is 10.5. The van der Waals surface area contributed by atoms with Gasteiger partial charge in [0.1, 0.15) is 0 Å². The highest BCUT2D eigenvalue weighted by molar-refractivity contribution is 5.53. The van der Waals surface area contributed by atoms with Gasteiger partial charge < -0.3 is 15.2 Å². The number of aryl methyl sites for hydroxylation is 2. The number of benzene rings is 1. The molecule has 1 aliphatic rings. The van der Waals surface area contributed by atoms with Gasteiger partial charge in [-0.15, -0.1) is 0 Å². The third-order valence-electron chi connectivity index (χ3n) is 3.13. The Morgan fingerprint density at radius 2 is 1.65 bits per heavy atom. The minimum Gasteiger partial charge on any atom is -0.453 e. The van der Waals surface area contributed by atoms with Gasteiger partial charge in [-0.2, -0.15) is 0 Å². The first-order valence-electron chi connectivity index (χ1n) is 6.47. The van der Waals surface area contributed by atoms with Crippen molar-refractivity contribution in [2.24, 2.45) is 5.73 Å². The maximum atomic E-state index is 5.59. The van der Waals surface area contributed by atoms with Gasteiger partial charge in [0.25, 0.3) is 0 Å². The Balaban J connectivity index is 2.19. The van der Waals surface area contributed by atoms with E-state index in [2.05, 4.69) is 19.1 Å². The molecule has 1 aromatic carbocycles. The number of fused-ring (bicyclic) bond motifs is 1. The number of nitrogens with two attached hydrogens (primary N) is 1. The maximum absolute atomic E-state index is 5.59. The Morgan fingerprint density at radius 1 is 1.06 bits per heavy atom. The van der Waals surface area contributed by atoms with E-state index in [4.69, 9.17) is 15.2 Å². The van der Waals surface area contributed by atoms with Crippen LogP contribution in [0.2, 0.25) is 0 Å². The summed E-state index contributed by atoms with van der Waals surface area (Å²) < 4.78 is 11.2. The number of hydrogen-bond acceptors (Lipinski definition) is 3. The quantitative estimate of drug-likeness (QED) is 0.824. The highest BCUT2D eigenvalue weighted by Gasteiger charge is 2.20. The Kier molecular flexibility index (Phi) is 4.26. The molecule has 0 aromatic heterocycles. The lowest BCUT2D eigenvalue weighted by Crippen LogP contribution is -2.01. The summed E-state index contributed by atoms with van der Waals surface area (Å²) in [6, 6.07) is 4.34. The molecule has 0 aliphatic carbocycles. The lowest BCUT2D eigenvalue weighted by atomic mass is 10.0. The summed E-state index contributed by atoms with van der Waals surface area (Å²) >= 11 is 0. The van der Waals surface area contributed by atoms with Crippen LogP contribution in [0.15, 0.2) is 12.1 Å². The van der Waals surface area contributed by atoms with Gasteiger partial charge in [-0.05, 0) is 43.4 Å². The number of ether oxygens (including phenoxy) is 2. The highest BCUT2D eigenvalue weighted by atomic mass is 16.7. The summed E-state index contributed by atoms with van der Waals surface area (Å²) in [6.07, 6.45) is 5.42. The van der Waals surface area contributed by atoms with Crippen molar-refractivity contribution >= 4 is 0 Å². The molecule has 0 radical (unpaired) electrons. The summed E-state index contributed by atoms with van der Waals surface area (Å²) in [5.41, 5.74) is 8.04. The smallest absolute Gasteiger partial charge is 0.231 e. The van der Waals surface area contributed by atoms with Gasteiger partial charge in [0.15, 0.2) is 11.5 Å². The van der Waals surface area contributed by atoms with Gasteiger partial charge in [0.2, 0.25) is 6.79 Å². The van der Waals surface area contributed by atoms with Crippen molar-refractivity contribution < 1.29 is 9.47 Å². The van der Waals surface area contributed by atoms with E-state index in [0.29, 0.717) is 13.3 Å². The van der Waals surface area contributed by atoms with Gasteiger partial charge >= 0.3 is 0 Å². The second kappa shape index (κ2) is 5.92.